The van der Waals surface area contributed by atoms with E-state index in [1.807, 2.05) is 55.4 Å². The van der Waals surface area contributed by atoms with E-state index in [-0.39, 0.29) is 43.4 Å². The molecule has 0 unspecified atom stereocenters. The van der Waals surface area contributed by atoms with Gasteiger partial charge in [-0.1, -0.05) is 55.4 Å². The molecule has 0 aromatic rings. The number of hydrogen-bond donors (Lipinski definition) is 0. The monoisotopic (exact) mass is 384 g/mol. The largest absolute Gasteiger partial charge is 4.00 e. The minimum Gasteiger partial charge on any atom is -0.663 e. The Morgan fingerprint density at radius 2 is 0.455 bits per heavy atom. The molecule has 0 aromatic heterocycles. The van der Waals surface area contributed by atoms with Gasteiger partial charge in [0.25, 0.3) is 0 Å². The van der Waals surface area contributed by atoms with Crippen LogP contribution in [0.1, 0.15) is 55.4 Å². The van der Waals surface area contributed by atoms with Crippen molar-refractivity contribution in [3.05, 3.63) is 21.3 Å². The molecule has 0 heterocycles. The third kappa shape index (κ3) is 102. The molecule has 0 aliphatic carbocycles. The van der Waals surface area contributed by atoms with Gasteiger partial charge in [-0.05, 0) is 0 Å². The van der Waals surface area contributed by atoms with Gasteiger partial charge in [-0.15, -0.1) is 0 Å². The van der Waals surface area contributed by atoms with Crippen LogP contribution in [-0.2, 0) is 43.4 Å². The zero-order valence-corrected chi connectivity index (χ0v) is 19.6. The van der Waals surface area contributed by atoms with E-state index in [4.69, 9.17) is 0 Å². The van der Waals surface area contributed by atoms with Gasteiger partial charge in [0, 0.05) is 21.7 Å². The molecule has 0 aliphatic rings. The van der Waals surface area contributed by atoms with Crippen molar-refractivity contribution in [2.45, 2.75) is 55.4 Å². The van der Waals surface area contributed by atoms with Crippen LogP contribution in [0.5, 0.6) is 0 Å². The Balaban J connectivity index is -0.0000000376. The van der Waals surface area contributed by atoms with Gasteiger partial charge in [-0.25, -0.2) is 0 Å². The summed E-state index contributed by atoms with van der Waals surface area (Å²) >= 11 is 0. The summed E-state index contributed by atoms with van der Waals surface area (Å²) in [6.45, 7) is 24.1. The zero-order chi connectivity index (χ0) is 16.5. The number of rotatable bonds is 8. The van der Waals surface area contributed by atoms with Gasteiger partial charge in [0.05, 0.1) is 0 Å². The van der Waals surface area contributed by atoms with Crippen LogP contribution in [0.2, 0.25) is 0 Å². The van der Waals surface area contributed by atoms with Crippen molar-refractivity contribution in [3.63, 3.8) is 0 Å². The Morgan fingerprint density at radius 1 is 0.364 bits per heavy atom. The summed E-state index contributed by atoms with van der Waals surface area (Å²) in [7, 11) is 0. The minimum absolute atomic E-state index is 0. The summed E-state index contributed by atoms with van der Waals surface area (Å²) in [6, 6.07) is 0. The minimum atomic E-state index is 0. The summed E-state index contributed by atoms with van der Waals surface area (Å²) < 4.78 is 0. The average molecular weight is 384 g/mol. The number of nitrogens with zero attached hydrogens (tertiary/aromatic N) is 4. The Kier molecular flexibility index (Phi) is 101. The topological polar surface area (TPSA) is 56.4 Å². The van der Waals surface area contributed by atoms with E-state index in [0.29, 0.717) is 0 Å². The molecule has 0 saturated heterocycles. The smallest absolute Gasteiger partial charge is 0.663 e. The maximum absolute atomic E-state index is 3.97. The maximum atomic E-state index is 3.97. The SMILES string of the molecule is CC[N-]CC.CC[N-]CC.CC[N-]CC.CC[N-]CC.[Ti+4].[Ti]. The van der Waals surface area contributed by atoms with Gasteiger partial charge >= 0.3 is 21.7 Å². The average Bonchev–Trinajstić information content (AvgIpc) is 2.44. The van der Waals surface area contributed by atoms with Crippen molar-refractivity contribution < 1.29 is 43.4 Å². The Labute approximate surface area is 171 Å². The van der Waals surface area contributed by atoms with Crippen molar-refractivity contribution >= 4 is 0 Å². The first-order chi connectivity index (χ1) is 9.66. The molecule has 0 atom stereocenters. The van der Waals surface area contributed by atoms with E-state index < -0.39 is 0 Å². The van der Waals surface area contributed by atoms with Gasteiger partial charge in [0.15, 0.2) is 0 Å². The first-order valence-corrected chi connectivity index (χ1v) is 8.19. The van der Waals surface area contributed by atoms with Crippen LogP contribution in [0, 0.1) is 0 Å². The van der Waals surface area contributed by atoms with E-state index in [1.54, 1.807) is 0 Å². The molecule has 0 bridgehead atoms. The van der Waals surface area contributed by atoms with Crippen LogP contribution in [0.15, 0.2) is 0 Å². The van der Waals surface area contributed by atoms with Crippen LogP contribution in [-0.4, -0.2) is 52.4 Å². The molecule has 0 amide bonds. The second kappa shape index (κ2) is 57.2. The molecule has 0 saturated carbocycles. The summed E-state index contributed by atoms with van der Waals surface area (Å²) in [6.07, 6.45) is 0. The van der Waals surface area contributed by atoms with Gasteiger partial charge < -0.3 is 21.3 Å². The molecule has 0 N–H and O–H groups in total. The van der Waals surface area contributed by atoms with Crippen molar-refractivity contribution in [2.75, 3.05) is 52.4 Å². The number of hydrogen-bond acceptors (Lipinski definition) is 0. The third-order valence-electron chi connectivity index (χ3n) is 1.79. The second-order valence-corrected chi connectivity index (χ2v) is 3.42. The molecular formula is C16H40N4Ti2. The Bertz CT molecular complexity index is 78.1. The van der Waals surface area contributed by atoms with Crippen LogP contribution in [0.3, 0.4) is 0 Å². The predicted molar refractivity (Wildman–Crippen MR) is 97.8 cm³/mol. The summed E-state index contributed by atoms with van der Waals surface area (Å²) in [5.74, 6) is 0. The second-order valence-electron chi connectivity index (χ2n) is 3.42. The van der Waals surface area contributed by atoms with Crippen molar-refractivity contribution in [1.29, 1.82) is 0 Å². The molecule has 0 radical (unpaired) electrons. The summed E-state index contributed by atoms with van der Waals surface area (Å²) in [5.41, 5.74) is 0. The molecule has 0 rings (SSSR count). The zero-order valence-electron chi connectivity index (χ0n) is 16.4. The fraction of sp³-hybridized carbons (Fsp3) is 1.00. The van der Waals surface area contributed by atoms with E-state index in [0.717, 1.165) is 52.4 Å². The van der Waals surface area contributed by atoms with Gasteiger partial charge in [0.1, 0.15) is 0 Å². The van der Waals surface area contributed by atoms with Crippen molar-refractivity contribution in [1.82, 2.24) is 0 Å². The Morgan fingerprint density at radius 3 is 0.455 bits per heavy atom. The van der Waals surface area contributed by atoms with Gasteiger partial charge in [-0.2, -0.15) is 52.4 Å². The van der Waals surface area contributed by atoms with Gasteiger partial charge in [-0.3, -0.25) is 0 Å². The quantitative estimate of drug-likeness (QED) is 0.490. The van der Waals surface area contributed by atoms with Crippen molar-refractivity contribution in [2.24, 2.45) is 0 Å². The first kappa shape index (κ1) is 38.7. The summed E-state index contributed by atoms with van der Waals surface area (Å²) in [5, 5.41) is 15.9. The van der Waals surface area contributed by atoms with Gasteiger partial charge in [0.2, 0.25) is 0 Å². The van der Waals surface area contributed by atoms with E-state index in [9.17, 15) is 0 Å². The van der Waals surface area contributed by atoms with E-state index >= 15 is 0 Å². The summed E-state index contributed by atoms with van der Waals surface area (Å²) in [4.78, 5) is 0. The maximum Gasteiger partial charge on any atom is 4.00 e. The fourth-order valence-electron chi connectivity index (χ4n) is 0.894. The van der Waals surface area contributed by atoms with Crippen LogP contribution >= 0.6 is 0 Å². The molecule has 4 nitrogen and oxygen atoms in total. The first-order valence-electron chi connectivity index (χ1n) is 8.19. The Hall–Kier alpha value is 1.27. The fourth-order valence-corrected chi connectivity index (χ4v) is 0.894. The molecule has 132 valence electrons. The molecule has 6 heteroatoms. The molecule has 0 aliphatic heterocycles. The molecule has 0 aromatic carbocycles. The standard InChI is InChI=1S/4C4H10N.2Ti/c4*1-3-5-4-2;;/h4*3-4H2,1-2H3;;/q4*-1;;+4. The normalized spacial score (nSPS) is 7.64. The van der Waals surface area contributed by atoms with Crippen LogP contribution in [0.4, 0.5) is 0 Å². The van der Waals surface area contributed by atoms with Crippen LogP contribution < -0.4 is 0 Å². The van der Waals surface area contributed by atoms with Crippen LogP contribution in [0.25, 0.3) is 21.3 Å². The molecule has 0 spiro atoms. The predicted octanol–water partition coefficient (Wildman–Crippen LogP) is 5.59. The van der Waals surface area contributed by atoms with E-state index in [1.165, 1.54) is 0 Å². The van der Waals surface area contributed by atoms with E-state index in [2.05, 4.69) is 21.3 Å². The molecule has 0 fully saturated rings. The van der Waals surface area contributed by atoms with Crippen molar-refractivity contribution in [3.8, 4) is 0 Å². The molecule has 22 heavy (non-hydrogen) atoms. The third-order valence-corrected chi connectivity index (χ3v) is 1.79. The molecular weight excluding hydrogens is 344 g/mol.